The summed E-state index contributed by atoms with van der Waals surface area (Å²) in [6.07, 6.45) is 2.01. The van der Waals surface area contributed by atoms with E-state index in [1.807, 2.05) is 12.1 Å². The van der Waals surface area contributed by atoms with E-state index in [4.69, 9.17) is 4.74 Å². The third-order valence-electron chi connectivity index (χ3n) is 6.44. The number of likely N-dealkylation sites (tertiary alicyclic amines) is 1. The maximum absolute atomic E-state index is 13.1. The molecule has 0 atom stereocenters. The maximum Gasteiger partial charge on any atom is 0.279 e. The molecule has 0 radical (unpaired) electrons. The Balaban J connectivity index is 1.31. The molecule has 2 aromatic carbocycles. The van der Waals surface area contributed by atoms with E-state index in [-0.39, 0.29) is 23.5 Å². The largest absolute Gasteiger partial charge is 0.497 e. The minimum atomic E-state index is -1.17. The van der Waals surface area contributed by atoms with Gasteiger partial charge in [0.15, 0.2) is 0 Å². The van der Waals surface area contributed by atoms with Gasteiger partial charge < -0.3 is 14.7 Å². The fourth-order valence-electron chi connectivity index (χ4n) is 4.37. The molecule has 10 heteroatoms. The van der Waals surface area contributed by atoms with E-state index in [1.54, 1.807) is 24.1 Å². The summed E-state index contributed by atoms with van der Waals surface area (Å²) in [4.78, 5) is 31.8. The molecule has 180 valence electrons. The molecule has 1 saturated heterocycles. The number of benzene rings is 2. The molecule has 0 saturated carbocycles. The molecule has 4 aromatic rings. The van der Waals surface area contributed by atoms with E-state index in [9.17, 15) is 19.1 Å². The Morgan fingerprint density at radius 3 is 2.49 bits per heavy atom. The zero-order valence-corrected chi connectivity index (χ0v) is 19.1. The lowest BCUT2D eigenvalue weighted by molar-refractivity contribution is -0.0299. The summed E-state index contributed by atoms with van der Waals surface area (Å²) in [5, 5.41) is 18.2. The molecule has 2 N–H and O–H groups in total. The van der Waals surface area contributed by atoms with Crippen LogP contribution in [0.25, 0.3) is 22.3 Å². The molecule has 0 bridgehead atoms. The molecule has 1 aliphatic rings. The standard InChI is InChI=1S/C25H24FN5O4/c1-35-19-8-4-16(5-9-19)20-21-22(29-28-20)24(33)31(15-27-21)14-25(34)10-12-30(13-11-25)23(32)17-2-6-18(26)7-3-17/h2-9,15,34H,10-14H2,1H3,(H,28,29). The van der Waals surface area contributed by atoms with Gasteiger partial charge in [-0.25, -0.2) is 9.37 Å². The Bertz CT molecular complexity index is 1420. The van der Waals surface area contributed by atoms with E-state index in [1.165, 1.54) is 35.2 Å². The molecule has 35 heavy (non-hydrogen) atoms. The molecule has 0 aliphatic carbocycles. The highest BCUT2D eigenvalue weighted by atomic mass is 19.1. The molecule has 0 unspecified atom stereocenters. The van der Waals surface area contributed by atoms with E-state index in [0.717, 1.165) is 5.56 Å². The molecule has 0 spiro atoms. The Morgan fingerprint density at radius 2 is 1.83 bits per heavy atom. The number of H-pyrrole nitrogens is 1. The molecule has 2 aromatic heterocycles. The number of rotatable bonds is 5. The summed E-state index contributed by atoms with van der Waals surface area (Å²) < 4.78 is 19.7. The van der Waals surface area contributed by atoms with Gasteiger partial charge >= 0.3 is 0 Å². The molecule has 5 rings (SSSR count). The summed E-state index contributed by atoms with van der Waals surface area (Å²) in [5.74, 6) is 0.0948. The molecular weight excluding hydrogens is 453 g/mol. The van der Waals surface area contributed by atoms with Crippen molar-refractivity contribution in [2.45, 2.75) is 25.0 Å². The van der Waals surface area contributed by atoms with Gasteiger partial charge in [0.1, 0.15) is 28.3 Å². The van der Waals surface area contributed by atoms with Crippen LogP contribution in [0.2, 0.25) is 0 Å². The van der Waals surface area contributed by atoms with Gasteiger partial charge in [0, 0.05) is 24.2 Å². The zero-order valence-electron chi connectivity index (χ0n) is 19.1. The summed E-state index contributed by atoms with van der Waals surface area (Å²) >= 11 is 0. The summed E-state index contributed by atoms with van der Waals surface area (Å²) in [6, 6.07) is 12.7. The van der Waals surface area contributed by atoms with Crippen LogP contribution in [0, 0.1) is 5.82 Å². The lowest BCUT2D eigenvalue weighted by Gasteiger charge is -2.38. The third-order valence-corrected chi connectivity index (χ3v) is 6.44. The number of fused-ring (bicyclic) bond motifs is 1. The van der Waals surface area contributed by atoms with Gasteiger partial charge in [-0.1, -0.05) is 0 Å². The van der Waals surface area contributed by atoms with Gasteiger partial charge in [0.05, 0.1) is 25.6 Å². The maximum atomic E-state index is 13.1. The number of nitrogens with one attached hydrogen (secondary N) is 1. The van der Waals surface area contributed by atoms with Gasteiger partial charge in [-0.2, -0.15) is 5.10 Å². The fraction of sp³-hybridized carbons (Fsp3) is 0.280. The normalized spacial score (nSPS) is 15.3. The van der Waals surface area contributed by atoms with Crippen molar-refractivity contribution in [2.75, 3.05) is 20.2 Å². The van der Waals surface area contributed by atoms with Crippen LogP contribution in [-0.4, -0.2) is 61.5 Å². The van der Waals surface area contributed by atoms with E-state index < -0.39 is 11.4 Å². The summed E-state index contributed by atoms with van der Waals surface area (Å²) in [6.45, 7) is 0.690. The Kier molecular flexibility index (Phi) is 5.81. The second-order valence-corrected chi connectivity index (χ2v) is 8.73. The Morgan fingerprint density at radius 1 is 1.14 bits per heavy atom. The van der Waals surface area contributed by atoms with Gasteiger partial charge in [0.25, 0.3) is 11.5 Å². The average molecular weight is 477 g/mol. The topological polar surface area (TPSA) is 113 Å². The second-order valence-electron chi connectivity index (χ2n) is 8.73. The molecule has 3 heterocycles. The lowest BCUT2D eigenvalue weighted by atomic mass is 9.91. The van der Waals surface area contributed by atoms with Crippen LogP contribution in [0.15, 0.2) is 59.7 Å². The minimum Gasteiger partial charge on any atom is -0.497 e. The number of hydrogen-bond acceptors (Lipinski definition) is 6. The van der Waals surface area contributed by atoms with Crippen molar-refractivity contribution in [3.05, 3.63) is 76.6 Å². The number of aliphatic hydroxyl groups is 1. The molecule has 1 fully saturated rings. The van der Waals surface area contributed by atoms with Crippen LogP contribution >= 0.6 is 0 Å². The molecule has 1 aliphatic heterocycles. The van der Waals surface area contributed by atoms with Crippen molar-refractivity contribution in [2.24, 2.45) is 0 Å². The van der Waals surface area contributed by atoms with Crippen molar-refractivity contribution in [1.82, 2.24) is 24.6 Å². The van der Waals surface area contributed by atoms with Gasteiger partial charge in [-0.3, -0.25) is 19.3 Å². The van der Waals surface area contributed by atoms with Gasteiger partial charge in [-0.15, -0.1) is 0 Å². The monoisotopic (exact) mass is 477 g/mol. The number of carbonyl (C=O) groups is 1. The third kappa shape index (κ3) is 4.40. The number of ether oxygens (including phenoxy) is 1. The van der Waals surface area contributed by atoms with Crippen molar-refractivity contribution >= 4 is 16.9 Å². The number of carbonyl (C=O) groups excluding carboxylic acids is 1. The molecule has 1 amide bonds. The van der Waals surface area contributed by atoms with Crippen molar-refractivity contribution < 1.29 is 19.0 Å². The van der Waals surface area contributed by atoms with Crippen LogP contribution < -0.4 is 10.3 Å². The van der Waals surface area contributed by atoms with E-state index >= 15 is 0 Å². The highest BCUT2D eigenvalue weighted by Crippen LogP contribution is 2.27. The van der Waals surface area contributed by atoms with Crippen LogP contribution in [0.3, 0.4) is 0 Å². The number of nitrogens with zero attached hydrogens (tertiary/aromatic N) is 4. The molecule has 9 nitrogen and oxygen atoms in total. The number of aromatic nitrogens is 4. The number of amides is 1. The van der Waals surface area contributed by atoms with E-state index in [0.29, 0.717) is 48.5 Å². The number of piperidine rings is 1. The minimum absolute atomic E-state index is 0.0459. The zero-order chi connectivity index (χ0) is 24.6. The number of hydrogen-bond donors (Lipinski definition) is 2. The predicted molar refractivity (Wildman–Crippen MR) is 127 cm³/mol. The second kappa shape index (κ2) is 8.95. The predicted octanol–water partition coefficient (Wildman–Crippen LogP) is 2.60. The first kappa shape index (κ1) is 22.7. The quantitative estimate of drug-likeness (QED) is 0.457. The summed E-state index contributed by atoms with van der Waals surface area (Å²) in [7, 11) is 1.59. The van der Waals surface area contributed by atoms with Crippen molar-refractivity contribution in [3.8, 4) is 17.0 Å². The van der Waals surface area contributed by atoms with Crippen LogP contribution in [0.1, 0.15) is 23.2 Å². The summed E-state index contributed by atoms with van der Waals surface area (Å²) in [5.41, 5.74) is 0.943. The van der Waals surface area contributed by atoms with Crippen molar-refractivity contribution in [3.63, 3.8) is 0 Å². The average Bonchev–Trinajstić information content (AvgIpc) is 3.31. The van der Waals surface area contributed by atoms with Crippen LogP contribution in [-0.2, 0) is 6.54 Å². The highest BCUT2D eigenvalue weighted by Gasteiger charge is 2.35. The first-order valence-electron chi connectivity index (χ1n) is 11.2. The van der Waals surface area contributed by atoms with Gasteiger partial charge in [0.2, 0.25) is 0 Å². The Hall–Kier alpha value is -4.05. The first-order valence-corrected chi connectivity index (χ1v) is 11.2. The first-order chi connectivity index (χ1) is 16.9. The number of methoxy groups -OCH3 is 1. The lowest BCUT2D eigenvalue weighted by Crippen LogP contribution is -2.49. The number of halogens is 1. The molecular formula is C25H24FN5O4. The Labute approximate surface area is 199 Å². The SMILES string of the molecule is COc1ccc(-c2n[nH]c3c(=O)n(CC4(O)CCN(C(=O)c5ccc(F)cc5)CC4)cnc23)cc1. The number of aromatic amines is 1. The van der Waals surface area contributed by atoms with Crippen LogP contribution in [0.4, 0.5) is 4.39 Å². The highest BCUT2D eigenvalue weighted by molar-refractivity contribution is 5.94. The van der Waals surface area contributed by atoms with Crippen LogP contribution in [0.5, 0.6) is 5.75 Å². The smallest absolute Gasteiger partial charge is 0.279 e. The van der Waals surface area contributed by atoms with Gasteiger partial charge in [-0.05, 0) is 61.4 Å². The van der Waals surface area contributed by atoms with Crippen molar-refractivity contribution in [1.29, 1.82) is 0 Å². The fourth-order valence-corrected chi connectivity index (χ4v) is 4.37. The van der Waals surface area contributed by atoms with E-state index in [2.05, 4.69) is 15.2 Å².